The van der Waals surface area contributed by atoms with E-state index in [1.807, 2.05) is 6.07 Å². The topological polar surface area (TPSA) is 87.1 Å². The summed E-state index contributed by atoms with van der Waals surface area (Å²) in [6.45, 7) is 0.566. The van der Waals surface area contributed by atoms with E-state index >= 15 is 0 Å². The van der Waals surface area contributed by atoms with Gasteiger partial charge in [0, 0.05) is 19.5 Å². The van der Waals surface area contributed by atoms with Gasteiger partial charge in [0.1, 0.15) is 6.10 Å². The SMILES string of the molecule is O=C(CCCCCCCCCc1ccccc1)N1CC(OP(=O)(O)O)C1. The van der Waals surface area contributed by atoms with Crippen molar-refractivity contribution in [2.24, 2.45) is 0 Å². The van der Waals surface area contributed by atoms with Crippen LogP contribution in [0.1, 0.15) is 56.9 Å². The van der Waals surface area contributed by atoms with Gasteiger partial charge < -0.3 is 14.7 Å². The molecule has 2 rings (SSSR count). The van der Waals surface area contributed by atoms with E-state index in [1.54, 1.807) is 4.90 Å². The number of amides is 1. The molecule has 0 bridgehead atoms. The molecule has 0 atom stereocenters. The Morgan fingerprint density at radius 1 is 1.00 bits per heavy atom. The number of aryl methyl sites for hydroxylation is 1. The summed E-state index contributed by atoms with van der Waals surface area (Å²) in [5, 5.41) is 0. The van der Waals surface area contributed by atoms with Crippen LogP contribution in [0.4, 0.5) is 0 Å². The first-order valence-corrected chi connectivity index (χ1v) is 11.0. The molecule has 0 radical (unpaired) electrons. The van der Waals surface area contributed by atoms with Gasteiger partial charge in [-0.3, -0.25) is 9.32 Å². The number of phosphoric acid groups is 1. The van der Waals surface area contributed by atoms with Crippen molar-refractivity contribution in [2.45, 2.75) is 63.9 Å². The molecular formula is C19H30NO5P. The number of benzene rings is 1. The Hall–Kier alpha value is -1.20. The quantitative estimate of drug-likeness (QED) is 0.425. The molecule has 1 aromatic carbocycles. The minimum absolute atomic E-state index is 0.0541. The predicted molar refractivity (Wildman–Crippen MR) is 101 cm³/mol. The maximum absolute atomic E-state index is 11.9. The number of phosphoric ester groups is 1. The summed E-state index contributed by atoms with van der Waals surface area (Å²) in [6, 6.07) is 10.6. The van der Waals surface area contributed by atoms with Crippen molar-refractivity contribution in [3.8, 4) is 0 Å². The van der Waals surface area contributed by atoms with Gasteiger partial charge >= 0.3 is 7.82 Å². The number of hydrogen-bond acceptors (Lipinski definition) is 3. The summed E-state index contributed by atoms with van der Waals surface area (Å²) in [5.41, 5.74) is 1.41. The molecule has 0 aliphatic carbocycles. The number of rotatable bonds is 12. The van der Waals surface area contributed by atoms with Crippen LogP contribution < -0.4 is 0 Å². The highest BCUT2D eigenvalue weighted by molar-refractivity contribution is 7.46. The van der Waals surface area contributed by atoms with Crippen molar-refractivity contribution in [2.75, 3.05) is 13.1 Å². The third-order valence-electron chi connectivity index (χ3n) is 4.69. The molecule has 1 aromatic rings. The zero-order valence-corrected chi connectivity index (χ0v) is 16.2. The van der Waals surface area contributed by atoms with Crippen LogP contribution in [0.15, 0.2) is 30.3 Å². The van der Waals surface area contributed by atoms with E-state index in [4.69, 9.17) is 9.79 Å². The Bertz CT molecular complexity index is 583. The van der Waals surface area contributed by atoms with Crippen LogP contribution in [0.25, 0.3) is 0 Å². The lowest BCUT2D eigenvalue weighted by atomic mass is 10.0. The fourth-order valence-corrected chi connectivity index (χ4v) is 3.72. The summed E-state index contributed by atoms with van der Waals surface area (Å²) < 4.78 is 15.2. The van der Waals surface area contributed by atoms with Gasteiger partial charge in [0.25, 0.3) is 0 Å². The van der Waals surface area contributed by atoms with Crippen molar-refractivity contribution in [1.82, 2.24) is 4.90 Å². The highest BCUT2D eigenvalue weighted by atomic mass is 31.2. The van der Waals surface area contributed by atoms with Crippen LogP contribution in [0, 0.1) is 0 Å². The van der Waals surface area contributed by atoms with Crippen LogP contribution in [-0.2, 0) is 20.3 Å². The molecule has 0 aromatic heterocycles. The Balaban J connectivity index is 1.39. The summed E-state index contributed by atoms with van der Waals surface area (Å²) >= 11 is 0. The highest BCUT2D eigenvalue weighted by Gasteiger charge is 2.35. The number of unbranched alkanes of at least 4 members (excludes halogenated alkanes) is 6. The average molecular weight is 383 g/mol. The average Bonchev–Trinajstić information content (AvgIpc) is 2.56. The summed E-state index contributed by atoms with van der Waals surface area (Å²) in [5.74, 6) is 0.0541. The third-order valence-corrected chi connectivity index (χ3v) is 5.26. The summed E-state index contributed by atoms with van der Waals surface area (Å²) in [7, 11) is -4.44. The smallest absolute Gasteiger partial charge is 0.337 e. The van der Waals surface area contributed by atoms with Crippen LogP contribution in [-0.4, -0.2) is 39.8 Å². The van der Waals surface area contributed by atoms with Gasteiger partial charge in [-0.05, 0) is 24.8 Å². The highest BCUT2D eigenvalue weighted by Crippen LogP contribution is 2.39. The van der Waals surface area contributed by atoms with Gasteiger partial charge in [0.15, 0.2) is 0 Å². The van der Waals surface area contributed by atoms with Crippen LogP contribution >= 0.6 is 7.82 Å². The first-order valence-electron chi connectivity index (χ1n) is 9.50. The second-order valence-corrected chi connectivity index (χ2v) is 8.17. The van der Waals surface area contributed by atoms with Gasteiger partial charge in [0.2, 0.25) is 5.91 Å². The molecule has 1 saturated heterocycles. The Morgan fingerprint density at radius 3 is 2.19 bits per heavy atom. The lowest BCUT2D eigenvalue weighted by Gasteiger charge is -2.38. The fraction of sp³-hybridized carbons (Fsp3) is 0.632. The van der Waals surface area contributed by atoms with E-state index in [9.17, 15) is 9.36 Å². The summed E-state index contributed by atoms with van der Waals surface area (Å²) in [4.78, 5) is 30.9. The number of likely N-dealkylation sites (tertiary alicyclic amines) is 1. The Morgan fingerprint density at radius 2 is 1.58 bits per heavy atom. The first kappa shape index (κ1) is 21.1. The van der Waals surface area contributed by atoms with Crippen molar-refractivity contribution in [1.29, 1.82) is 0 Å². The Labute approximate surface area is 155 Å². The van der Waals surface area contributed by atoms with Crippen LogP contribution in [0.2, 0.25) is 0 Å². The zero-order valence-electron chi connectivity index (χ0n) is 15.3. The molecule has 0 spiro atoms. The molecule has 2 N–H and O–H groups in total. The fourth-order valence-electron chi connectivity index (χ4n) is 3.19. The number of carbonyl (C=O) groups is 1. The lowest BCUT2D eigenvalue weighted by Crippen LogP contribution is -2.54. The minimum Gasteiger partial charge on any atom is -0.337 e. The second kappa shape index (κ2) is 10.8. The van der Waals surface area contributed by atoms with Gasteiger partial charge in [0.05, 0.1) is 0 Å². The molecule has 1 amide bonds. The van der Waals surface area contributed by atoms with E-state index in [-0.39, 0.29) is 19.0 Å². The van der Waals surface area contributed by atoms with E-state index in [1.165, 1.54) is 31.2 Å². The normalized spacial score (nSPS) is 15.1. The maximum Gasteiger partial charge on any atom is 0.469 e. The van der Waals surface area contributed by atoms with Crippen molar-refractivity contribution in [3.63, 3.8) is 0 Å². The molecule has 7 heteroatoms. The van der Waals surface area contributed by atoms with Crippen molar-refractivity contribution in [3.05, 3.63) is 35.9 Å². The number of hydrogen-bond donors (Lipinski definition) is 2. The molecule has 26 heavy (non-hydrogen) atoms. The number of carbonyl (C=O) groups excluding carboxylic acids is 1. The van der Waals surface area contributed by atoms with E-state index in [0.29, 0.717) is 6.42 Å². The summed E-state index contributed by atoms with van der Waals surface area (Å²) in [6.07, 6.45) is 9.16. The second-order valence-electron chi connectivity index (χ2n) is 6.98. The predicted octanol–water partition coefficient (Wildman–Crippen LogP) is 3.67. The molecule has 6 nitrogen and oxygen atoms in total. The van der Waals surface area contributed by atoms with Crippen molar-refractivity contribution < 1.29 is 23.7 Å². The third kappa shape index (κ3) is 8.45. The van der Waals surface area contributed by atoms with Crippen LogP contribution in [0.5, 0.6) is 0 Å². The standard InChI is InChI=1S/C19H30NO5P/c21-19(20-15-18(16-20)25-26(22,23)24)14-10-5-3-1-2-4-7-11-17-12-8-6-9-13-17/h6,8-9,12-13,18H,1-5,7,10-11,14-16H2,(H2,22,23,24). The van der Waals surface area contributed by atoms with Crippen molar-refractivity contribution >= 4 is 13.7 Å². The molecule has 0 saturated carbocycles. The maximum atomic E-state index is 11.9. The lowest BCUT2D eigenvalue weighted by molar-refractivity contribution is -0.140. The first-order chi connectivity index (χ1) is 12.4. The largest absolute Gasteiger partial charge is 0.469 e. The zero-order chi connectivity index (χ0) is 18.8. The molecule has 0 unspecified atom stereocenters. The van der Waals surface area contributed by atoms with Gasteiger partial charge in [-0.2, -0.15) is 0 Å². The molecule has 1 heterocycles. The molecule has 1 aliphatic rings. The monoisotopic (exact) mass is 383 g/mol. The van der Waals surface area contributed by atoms with Gasteiger partial charge in [-0.1, -0.05) is 62.4 Å². The number of nitrogens with zero attached hydrogens (tertiary/aromatic N) is 1. The van der Waals surface area contributed by atoms with Gasteiger partial charge in [-0.15, -0.1) is 0 Å². The molecule has 1 fully saturated rings. The van der Waals surface area contributed by atoms with E-state index in [0.717, 1.165) is 25.7 Å². The molecule has 1 aliphatic heterocycles. The molecule has 146 valence electrons. The van der Waals surface area contributed by atoms with E-state index < -0.39 is 13.9 Å². The van der Waals surface area contributed by atoms with Gasteiger partial charge in [-0.25, -0.2) is 4.57 Å². The molecular weight excluding hydrogens is 353 g/mol. The Kier molecular flexibility index (Phi) is 8.79. The minimum atomic E-state index is -4.44. The van der Waals surface area contributed by atoms with Crippen LogP contribution in [0.3, 0.4) is 0 Å². The van der Waals surface area contributed by atoms with E-state index in [2.05, 4.69) is 28.8 Å².